The summed E-state index contributed by atoms with van der Waals surface area (Å²) in [5.41, 5.74) is 7.40. The molecule has 4 N–H and O–H groups in total. The molecule has 0 aliphatic carbocycles. The molecule has 2 aromatic rings. The van der Waals surface area contributed by atoms with Gasteiger partial charge in [-0.25, -0.2) is 18.7 Å². The van der Waals surface area contributed by atoms with Crippen LogP contribution in [-0.2, 0) is 6.54 Å². The van der Waals surface area contributed by atoms with Crippen molar-refractivity contribution in [2.75, 3.05) is 11.9 Å². The van der Waals surface area contributed by atoms with Gasteiger partial charge in [0.25, 0.3) is 0 Å². The summed E-state index contributed by atoms with van der Waals surface area (Å²) in [6.07, 6.45) is 3.12. The lowest BCUT2D eigenvalue weighted by Crippen LogP contribution is -2.20. The van der Waals surface area contributed by atoms with E-state index in [1.807, 2.05) is 13.8 Å². The zero-order valence-electron chi connectivity index (χ0n) is 16.0. The van der Waals surface area contributed by atoms with E-state index >= 15 is 0 Å². The van der Waals surface area contributed by atoms with Crippen molar-refractivity contribution in [2.24, 2.45) is 10.7 Å². The third kappa shape index (κ3) is 6.09. The van der Waals surface area contributed by atoms with Crippen LogP contribution in [0.2, 0.25) is 0 Å². The number of anilines is 1. The molecule has 6 nitrogen and oxygen atoms in total. The van der Waals surface area contributed by atoms with Gasteiger partial charge in [-0.1, -0.05) is 32.0 Å². The fourth-order valence-corrected chi connectivity index (χ4v) is 2.31. The van der Waals surface area contributed by atoms with Gasteiger partial charge in [0.2, 0.25) is 0 Å². The summed E-state index contributed by atoms with van der Waals surface area (Å²) in [5.74, 6) is -0.841. The fourth-order valence-electron chi connectivity index (χ4n) is 2.31. The Morgan fingerprint density at radius 3 is 2.71 bits per heavy atom. The molecule has 0 radical (unpaired) electrons. The molecular formula is C20H25F2N5O. The van der Waals surface area contributed by atoms with Crippen LogP contribution >= 0.6 is 0 Å². The van der Waals surface area contributed by atoms with E-state index < -0.39 is 11.9 Å². The van der Waals surface area contributed by atoms with E-state index in [0.717, 1.165) is 6.20 Å². The molecule has 28 heavy (non-hydrogen) atoms. The molecule has 0 fully saturated rings. The summed E-state index contributed by atoms with van der Waals surface area (Å²) in [6.45, 7) is 4.07. The van der Waals surface area contributed by atoms with E-state index in [9.17, 15) is 13.9 Å². The van der Waals surface area contributed by atoms with Gasteiger partial charge in [0.15, 0.2) is 17.5 Å². The molecule has 0 aliphatic rings. The molecule has 0 saturated heterocycles. The summed E-state index contributed by atoms with van der Waals surface area (Å²) in [7, 11) is 0. The number of nitrogens with two attached hydrogens (primary N) is 1. The normalized spacial score (nSPS) is 13.5. The molecular weight excluding hydrogens is 364 g/mol. The molecule has 0 aliphatic heterocycles. The van der Waals surface area contributed by atoms with Gasteiger partial charge in [0, 0.05) is 17.8 Å². The third-order valence-corrected chi connectivity index (χ3v) is 4.07. The molecule has 1 aromatic heterocycles. The van der Waals surface area contributed by atoms with Gasteiger partial charge in [-0.05, 0) is 25.0 Å². The van der Waals surface area contributed by atoms with Gasteiger partial charge in [-0.15, -0.1) is 0 Å². The number of benzene rings is 1. The maximum atomic E-state index is 13.9. The molecule has 2 rings (SSSR count). The Morgan fingerprint density at radius 1 is 1.29 bits per heavy atom. The minimum atomic E-state index is -0.635. The van der Waals surface area contributed by atoms with Crippen LogP contribution in [0.15, 0.2) is 41.5 Å². The molecule has 1 heterocycles. The van der Waals surface area contributed by atoms with E-state index in [2.05, 4.69) is 20.3 Å². The Morgan fingerprint density at radius 2 is 2.04 bits per heavy atom. The molecule has 0 spiro atoms. The second kappa shape index (κ2) is 10.5. The lowest BCUT2D eigenvalue weighted by atomic mass is 10.2. The van der Waals surface area contributed by atoms with Crippen LogP contribution < -0.4 is 11.1 Å². The highest BCUT2D eigenvalue weighted by atomic mass is 19.1. The number of aliphatic hydroxyl groups is 1. The van der Waals surface area contributed by atoms with Gasteiger partial charge in [0.05, 0.1) is 24.5 Å². The number of rotatable bonds is 9. The Bertz CT molecular complexity index is 854. The van der Waals surface area contributed by atoms with Crippen LogP contribution in [0.25, 0.3) is 5.70 Å². The number of allylic oxidation sites excluding steroid dienone is 1. The number of hydrogen-bond acceptors (Lipinski definition) is 6. The van der Waals surface area contributed by atoms with Crippen molar-refractivity contribution in [3.63, 3.8) is 0 Å². The van der Waals surface area contributed by atoms with Crippen molar-refractivity contribution in [1.29, 1.82) is 0 Å². The van der Waals surface area contributed by atoms with Gasteiger partial charge >= 0.3 is 0 Å². The molecule has 0 bridgehead atoms. The Kier molecular flexibility index (Phi) is 8.01. The number of nitrogens with one attached hydrogen (secondary N) is 1. The van der Waals surface area contributed by atoms with Crippen LogP contribution in [0.1, 0.15) is 38.1 Å². The number of aliphatic imine (C=N–C) groups is 1. The zero-order chi connectivity index (χ0) is 20.5. The first-order valence-corrected chi connectivity index (χ1v) is 9.13. The highest BCUT2D eigenvalue weighted by Gasteiger charge is 2.11. The zero-order valence-corrected chi connectivity index (χ0v) is 16.0. The highest BCUT2D eigenvalue weighted by Crippen LogP contribution is 2.14. The van der Waals surface area contributed by atoms with Crippen molar-refractivity contribution in [1.82, 2.24) is 9.97 Å². The smallest absolute Gasteiger partial charge is 0.183 e. The number of halogens is 2. The number of hydrogen-bond donors (Lipinski definition) is 3. The highest BCUT2D eigenvalue weighted by molar-refractivity contribution is 5.99. The van der Waals surface area contributed by atoms with E-state index in [4.69, 9.17) is 5.73 Å². The Hall–Kier alpha value is -2.87. The molecule has 1 atom stereocenters. The van der Waals surface area contributed by atoms with E-state index in [0.29, 0.717) is 24.1 Å². The van der Waals surface area contributed by atoms with Crippen molar-refractivity contribution in [3.8, 4) is 0 Å². The first-order chi connectivity index (χ1) is 13.4. The second-order valence-corrected chi connectivity index (χ2v) is 6.19. The maximum absolute atomic E-state index is 13.9. The molecule has 0 amide bonds. The monoisotopic (exact) mass is 389 g/mol. The molecule has 0 saturated carbocycles. The van der Waals surface area contributed by atoms with Crippen LogP contribution in [0.3, 0.4) is 0 Å². The van der Waals surface area contributed by atoms with Crippen molar-refractivity contribution < 1.29 is 13.9 Å². The van der Waals surface area contributed by atoms with Gasteiger partial charge in [-0.2, -0.15) is 0 Å². The first-order valence-electron chi connectivity index (χ1n) is 9.13. The standard InChI is InChI=1S/C20H25F2N5O/c1-3-14(24-10-13-7-5-6-8-16(13)21)9-18(23)20-26-12-17(22)19(27-20)25-11-15(28)4-2/h5-9,12,15,28H,3-4,10-11,23H2,1-2H3,(H,25,26,27). The van der Waals surface area contributed by atoms with E-state index in [1.165, 1.54) is 6.07 Å². The van der Waals surface area contributed by atoms with Crippen LogP contribution in [0, 0.1) is 11.6 Å². The summed E-state index contributed by atoms with van der Waals surface area (Å²) in [6, 6.07) is 6.43. The minimum absolute atomic E-state index is 0.0322. The maximum Gasteiger partial charge on any atom is 0.183 e. The average Bonchev–Trinajstić information content (AvgIpc) is 2.70. The SMILES string of the molecule is CCC(C=C(N)c1ncc(F)c(NCC(O)CC)n1)=NCc1ccccc1F. The number of aliphatic hydroxyl groups excluding tert-OH is 1. The summed E-state index contributed by atoms with van der Waals surface area (Å²) in [4.78, 5) is 12.4. The Labute approximate surface area is 163 Å². The predicted octanol–water partition coefficient (Wildman–Crippen LogP) is 3.29. The van der Waals surface area contributed by atoms with Crippen LogP contribution in [0.4, 0.5) is 14.6 Å². The van der Waals surface area contributed by atoms with Gasteiger partial charge < -0.3 is 16.2 Å². The second-order valence-electron chi connectivity index (χ2n) is 6.19. The lowest BCUT2D eigenvalue weighted by Gasteiger charge is -2.11. The van der Waals surface area contributed by atoms with Gasteiger partial charge in [0.1, 0.15) is 5.82 Å². The average molecular weight is 389 g/mol. The molecule has 8 heteroatoms. The summed E-state index contributed by atoms with van der Waals surface area (Å²) >= 11 is 0. The third-order valence-electron chi connectivity index (χ3n) is 4.07. The fraction of sp³-hybridized carbons (Fsp3) is 0.350. The summed E-state index contributed by atoms with van der Waals surface area (Å²) in [5, 5.41) is 12.4. The van der Waals surface area contributed by atoms with Crippen LogP contribution in [0.5, 0.6) is 0 Å². The van der Waals surface area contributed by atoms with Crippen molar-refractivity contribution >= 4 is 17.2 Å². The van der Waals surface area contributed by atoms with Gasteiger partial charge in [-0.3, -0.25) is 4.99 Å². The minimum Gasteiger partial charge on any atom is -0.396 e. The van der Waals surface area contributed by atoms with Crippen molar-refractivity contribution in [2.45, 2.75) is 39.3 Å². The number of nitrogens with zero attached hydrogens (tertiary/aromatic N) is 3. The largest absolute Gasteiger partial charge is 0.396 e. The molecule has 1 aromatic carbocycles. The lowest BCUT2D eigenvalue weighted by molar-refractivity contribution is 0.183. The quantitative estimate of drug-likeness (QED) is 0.572. The Balaban J connectivity index is 2.17. The topological polar surface area (TPSA) is 96.4 Å². The van der Waals surface area contributed by atoms with Crippen LogP contribution in [-0.4, -0.2) is 33.4 Å². The molecule has 1 unspecified atom stereocenters. The molecule has 150 valence electrons. The number of aromatic nitrogens is 2. The summed E-state index contributed by atoms with van der Waals surface area (Å²) < 4.78 is 27.6. The van der Waals surface area contributed by atoms with Crippen molar-refractivity contribution in [3.05, 3.63) is 59.6 Å². The van der Waals surface area contributed by atoms with E-state index in [1.54, 1.807) is 24.3 Å². The van der Waals surface area contributed by atoms with E-state index in [-0.39, 0.29) is 36.2 Å². The predicted molar refractivity (Wildman–Crippen MR) is 107 cm³/mol. The first kappa shape index (κ1) is 21.4.